The van der Waals surface area contributed by atoms with Gasteiger partial charge in [-0.25, -0.2) is 0 Å². The van der Waals surface area contributed by atoms with Gasteiger partial charge in [-0.15, -0.1) is 0 Å². The molecule has 1 aromatic rings. The molecule has 3 rings (SSSR count). The van der Waals surface area contributed by atoms with Crippen LogP contribution in [0.4, 0.5) is 0 Å². The molecule has 0 saturated heterocycles. The summed E-state index contributed by atoms with van der Waals surface area (Å²) in [5.41, 5.74) is -0.994. The maximum atomic E-state index is 12.0. The van der Waals surface area contributed by atoms with E-state index >= 15 is 0 Å². The molecule has 1 aliphatic carbocycles. The molecule has 0 unspecified atom stereocenters. The van der Waals surface area contributed by atoms with Crippen LogP contribution in [0.1, 0.15) is 0 Å². The Balaban J connectivity index is 2.70. The second kappa shape index (κ2) is 3.55. The van der Waals surface area contributed by atoms with E-state index in [1.807, 2.05) is 0 Å². The summed E-state index contributed by atoms with van der Waals surface area (Å²) in [7, 11) is 0. The Morgan fingerprint density at radius 1 is 0.842 bits per heavy atom. The Hall–Kier alpha value is -2.89. The molecule has 0 bridgehead atoms. The second-order valence-electron chi connectivity index (χ2n) is 4.03. The first kappa shape index (κ1) is 11.2. The van der Waals surface area contributed by atoms with Gasteiger partial charge in [-0.2, -0.15) is 0 Å². The largest absolute Gasteiger partial charge is 0.502 e. The molecule has 0 radical (unpaired) electrons. The van der Waals surface area contributed by atoms with E-state index in [9.17, 15) is 25.2 Å². The Bertz CT molecular complexity index is 833. The third-order valence-electron chi connectivity index (χ3n) is 2.96. The van der Waals surface area contributed by atoms with E-state index in [1.54, 1.807) is 12.1 Å². The molecule has 1 aliphatic heterocycles. The molecule has 0 amide bonds. The van der Waals surface area contributed by atoms with Crippen LogP contribution >= 0.6 is 0 Å². The summed E-state index contributed by atoms with van der Waals surface area (Å²) in [5.74, 6) is -3.61. The molecule has 4 N–H and O–H groups in total. The maximum absolute atomic E-state index is 12.0. The Morgan fingerprint density at radius 3 is 2.16 bits per heavy atom. The lowest BCUT2D eigenvalue weighted by molar-refractivity contribution is 0.318. The number of fused-ring (bicyclic) bond motifs is 3. The summed E-state index contributed by atoms with van der Waals surface area (Å²) in [6, 6.07) is 6.31. The molecule has 1 aromatic carbocycles. The molecule has 2 aliphatic rings. The minimum Gasteiger partial charge on any atom is -0.502 e. The van der Waals surface area contributed by atoms with Crippen molar-refractivity contribution in [3.63, 3.8) is 0 Å². The van der Waals surface area contributed by atoms with E-state index in [0.29, 0.717) is 5.39 Å². The third-order valence-corrected chi connectivity index (χ3v) is 2.96. The summed E-state index contributed by atoms with van der Waals surface area (Å²) < 4.78 is 4.96. The van der Waals surface area contributed by atoms with Crippen LogP contribution in [0.3, 0.4) is 0 Å². The highest BCUT2D eigenvalue weighted by Crippen LogP contribution is 2.46. The van der Waals surface area contributed by atoms with Gasteiger partial charge in [-0.1, -0.05) is 18.2 Å². The topological polar surface area (TPSA) is 111 Å². The van der Waals surface area contributed by atoms with Crippen LogP contribution in [0.15, 0.2) is 33.5 Å². The third kappa shape index (κ3) is 1.33. The average Bonchev–Trinajstić information content (AvgIpc) is 2.43. The van der Waals surface area contributed by atoms with Crippen LogP contribution in [0.25, 0.3) is 22.1 Å². The van der Waals surface area contributed by atoms with Gasteiger partial charge in [0.2, 0.25) is 22.7 Å². The molecule has 0 saturated carbocycles. The molecular weight excluding hydrogens is 252 g/mol. The SMILES string of the molecule is O=c1c(O)c(O)c(O)c2oc(O)c3ccccc3c1-2. The number of hydrogen-bond donors (Lipinski definition) is 4. The van der Waals surface area contributed by atoms with E-state index < -0.39 is 28.6 Å². The summed E-state index contributed by atoms with van der Waals surface area (Å²) in [6.45, 7) is 0. The fourth-order valence-corrected chi connectivity index (χ4v) is 2.05. The van der Waals surface area contributed by atoms with E-state index in [-0.39, 0.29) is 16.7 Å². The molecule has 0 atom stereocenters. The number of phenols is 3. The van der Waals surface area contributed by atoms with Gasteiger partial charge in [-0.05, 0) is 6.07 Å². The second-order valence-corrected chi connectivity index (χ2v) is 4.03. The summed E-state index contributed by atoms with van der Waals surface area (Å²) in [6.07, 6.45) is 0. The van der Waals surface area contributed by atoms with Gasteiger partial charge < -0.3 is 24.8 Å². The van der Waals surface area contributed by atoms with Crippen molar-refractivity contribution in [2.45, 2.75) is 0 Å². The van der Waals surface area contributed by atoms with Crippen LogP contribution in [0.5, 0.6) is 23.2 Å². The summed E-state index contributed by atoms with van der Waals surface area (Å²) in [5, 5.41) is 38.9. The maximum Gasteiger partial charge on any atom is 0.290 e. The first-order valence-electron chi connectivity index (χ1n) is 5.33. The fourth-order valence-electron chi connectivity index (χ4n) is 2.05. The number of phenolic OH excluding ortho intramolecular Hbond substituents is 3. The van der Waals surface area contributed by atoms with Gasteiger partial charge in [0, 0.05) is 5.39 Å². The van der Waals surface area contributed by atoms with Gasteiger partial charge >= 0.3 is 0 Å². The van der Waals surface area contributed by atoms with Crippen LogP contribution in [0, 0.1) is 0 Å². The fraction of sp³-hybridized carbons (Fsp3) is 0. The van der Waals surface area contributed by atoms with Crippen molar-refractivity contribution in [3.8, 4) is 34.5 Å². The number of hydrogen-bond acceptors (Lipinski definition) is 6. The van der Waals surface area contributed by atoms with Gasteiger partial charge in [-0.3, -0.25) is 4.79 Å². The predicted octanol–water partition coefficient (Wildman–Crippen LogP) is 1.72. The molecule has 0 fully saturated rings. The molecule has 6 nitrogen and oxygen atoms in total. The minimum atomic E-state index is -0.976. The highest BCUT2D eigenvalue weighted by Gasteiger charge is 2.27. The van der Waals surface area contributed by atoms with Crippen molar-refractivity contribution in [1.82, 2.24) is 0 Å². The van der Waals surface area contributed by atoms with E-state index in [2.05, 4.69) is 0 Å². The van der Waals surface area contributed by atoms with E-state index in [1.165, 1.54) is 12.1 Å². The summed E-state index contributed by atoms with van der Waals surface area (Å²) >= 11 is 0. The monoisotopic (exact) mass is 260 g/mol. The highest BCUT2D eigenvalue weighted by atomic mass is 16.5. The Labute approximate surface area is 105 Å². The van der Waals surface area contributed by atoms with Crippen LogP contribution in [-0.2, 0) is 0 Å². The molecule has 1 heterocycles. The van der Waals surface area contributed by atoms with E-state index in [0.717, 1.165) is 0 Å². The number of benzene rings is 2. The molecule has 6 heteroatoms. The van der Waals surface area contributed by atoms with Gasteiger partial charge in [0.15, 0.2) is 5.76 Å². The Morgan fingerprint density at radius 2 is 1.47 bits per heavy atom. The van der Waals surface area contributed by atoms with Gasteiger partial charge in [0.1, 0.15) is 0 Å². The molecular formula is C13H8O6. The van der Waals surface area contributed by atoms with Crippen molar-refractivity contribution < 1.29 is 24.8 Å². The van der Waals surface area contributed by atoms with Gasteiger partial charge in [0.05, 0.1) is 10.9 Å². The van der Waals surface area contributed by atoms with Crippen molar-refractivity contribution in [1.29, 1.82) is 0 Å². The molecule has 0 aromatic heterocycles. The first-order chi connectivity index (χ1) is 9.02. The van der Waals surface area contributed by atoms with Crippen molar-refractivity contribution in [3.05, 3.63) is 34.5 Å². The van der Waals surface area contributed by atoms with Gasteiger partial charge in [0.25, 0.3) is 5.95 Å². The quantitative estimate of drug-likeness (QED) is 0.362. The molecule has 0 spiro atoms. The lowest BCUT2D eigenvalue weighted by Gasteiger charge is -2.12. The lowest BCUT2D eigenvalue weighted by Crippen LogP contribution is -2.06. The normalized spacial score (nSPS) is 11.2. The molecule has 19 heavy (non-hydrogen) atoms. The zero-order chi connectivity index (χ0) is 13.7. The summed E-state index contributed by atoms with van der Waals surface area (Å²) in [4.78, 5) is 12.0. The van der Waals surface area contributed by atoms with Crippen LogP contribution in [0.2, 0.25) is 0 Å². The average molecular weight is 260 g/mol. The zero-order valence-corrected chi connectivity index (χ0v) is 9.41. The van der Waals surface area contributed by atoms with Crippen molar-refractivity contribution in [2.75, 3.05) is 0 Å². The first-order valence-corrected chi connectivity index (χ1v) is 5.33. The number of aromatic hydroxyl groups is 4. The minimum absolute atomic E-state index is 0.110. The number of rotatable bonds is 0. The standard InChI is InChI=1S/C13H8O6/c14-8-7-5-3-1-2-4-6(5)13(18)19-12(7)11(17)10(16)9(8)15/h1-4,15-18H. The smallest absolute Gasteiger partial charge is 0.290 e. The Kier molecular flexibility index (Phi) is 2.10. The zero-order valence-electron chi connectivity index (χ0n) is 9.41. The van der Waals surface area contributed by atoms with Crippen LogP contribution in [-0.4, -0.2) is 20.4 Å². The van der Waals surface area contributed by atoms with Crippen LogP contribution < -0.4 is 5.43 Å². The highest BCUT2D eigenvalue weighted by molar-refractivity contribution is 6.00. The van der Waals surface area contributed by atoms with Crippen molar-refractivity contribution >= 4 is 10.8 Å². The predicted molar refractivity (Wildman–Crippen MR) is 65.8 cm³/mol. The molecule has 96 valence electrons. The van der Waals surface area contributed by atoms with E-state index in [4.69, 9.17) is 4.42 Å². The lowest BCUT2D eigenvalue weighted by atomic mass is 10.0. The van der Waals surface area contributed by atoms with Crippen molar-refractivity contribution in [2.24, 2.45) is 0 Å².